The number of benzene rings is 1. The molecule has 0 bridgehead atoms. The smallest absolute Gasteiger partial charge is 0.336 e. The fourth-order valence-electron chi connectivity index (χ4n) is 1.73. The molecule has 104 valence electrons. The summed E-state index contributed by atoms with van der Waals surface area (Å²) in [5, 5.41) is 28.8. The predicted molar refractivity (Wildman–Crippen MR) is 72.2 cm³/mol. The van der Waals surface area contributed by atoms with Crippen LogP contribution in [0, 0.1) is 6.92 Å². The Labute approximate surface area is 115 Å². The van der Waals surface area contributed by atoms with E-state index in [9.17, 15) is 19.8 Å². The molecule has 1 aromatic carbocycles. The maximum Gasteiger partial charge on any atom is 0.336 e. The summed E-state index contributed by atoms with van der Waals surface area (Å²) in [7, 11) is 0. The van der Waals surface area contributed by atoms with E-state index in [1.165, 1.54) is 13.0 Å². The van der Waals surface area contributed by atoms with E-state index >= 15 is 0 Å². The number of thioether (sulfide) groups is 1. The number of aliphatic hydroxyl groups excluding tert-OH is 2. The van der Waals surface area contributed by atoms with Crippen LogP contribution in [0.2, 0.25) is 0 Å². The Kier molecular flexibility index (Phi) is 5.53. The van der Waals surface area contributed by atoms with Gasteiger partial charge in [0.2, 0.25) is 0 Å². The molecule has 0 aliphatic rings. The maximum absolute atomic E-state index is 11.2. The number of aryl methyl sites for hydroxylation is 1. The largest absolute Gasteiger partial charge is 0.478 e. The minimum absolute atomic E-state index is 0.0122. The Morgan fingerprint density at radius 3 is 2.47 bits per heavy atom. The van der Waals surface area contributed by atoms with Gasteiger partial charge in [0.05, 0.1) is 11.7 Å². The molecule has 0 aliphatic heterocycles. The van der Waals surface area contributed by atoms with E-state index in [0.717, 1.165) is 11.8 Å². The van der Waals surface area contributed by atoms with Crippen molar-refractivity contribution in [3.8, 4) is 0 Å². The van der Waals surface area contributed by atoms with Crippen LogP contribution in [0.3, 0.4) is 0 Å². The van der Waals surface area contributed by atoms with Crippen LogP contribution in [0.15, 0.2) is 18.2 Å². The van der Waals surface area contributed by atoms with E-state index in [-0.39, 0.29) is 22.0 Å². The topological polar surface area (TPSA) is 94.8 Å². The number of carbonyl (C=O) groups excluding carboxylic acids is 1. The van der Waals surface area contributed by atoms with Gasteiger partial charge in [-0.2, -0.15) is 0 Å². The van der Waals surface area contributed by atoms with Crippen LogP contribution >= 0.6 is 11.8 Å². The Hall–Kier alpha value is -1.37. The highest BCUT2D eigenvalue weighted by molar-refractivity contribution is 8.13. The number of hydrogen-bond donors (Lipinski definition) is 3. The Morgan fingerprint density at radius 1 is 1.32 bits per heavy atom. The highest BCUT2D eigenvalue weighted by atomic mass is 32.2. The van der Waals surface area contributed by atoms with Crippen molar-refractivity contribution in [2.45, 2.75) is 26.1 Å². The monoisotopic (exact) mass is 284 g/mol. The lowest BCUT2D eigenvalue weighted by molar-refractivity contribution is -0.109. The Bertz CT molecular complexity index is 486. The lowest BCUT2D eigenvalue weighted by Gasteiger charge is -2.20. The first-order valence-corrected chi connectivity index (χ1v) is 6.65. The molecule has 0 spiro atoms. The van der Waals surface area contributed by atoms with Gasteiger partial charge in [0.15, 0.2) is 5.12 Å². The molecule has 0 saturated carbocycles. The molecule has 19 heavy (non-hydrogen) atoms. The van der Waals surface area contributed by atoms with Crippen molar-refractivity contribution in [2.75, 3.05) is 5.75 Å². The van der Waals surface area contributed by atoms with Gasteiger partial charge in [-0.1, -0.05) is 30.0 Å². The molecule has 0 fully saturated rings. The number of aromatic carboxylic acids is 1. The van der Waals surface area contributed by atoms with Crippen molar-refractivity contribution in [3.63, 3.8) is 0 Å². The first-order chi connectivity index (χ1) is 8.84. The average Bonchev–Trinajstić information content (AvgIpc) is 2.34. The summed E-state index contributed by atoms with van der Waals surface area (Å²) in [6, 6.07) is 4.70. The zero-order valence-corrected chi connectivity index (χ0v) is 11.5. The van der Waals surface area contributed by atoms with E-state index in [0.29, 0.717) is 5.56 Å². The molecule has 0 radical (unpaired) electrons. The number of aliphatic hydroxyl groups is 2. The molecule has 2 atom stereocenters. The second-order valence-electron chi connectivity index (χ2n) is 4.16. The third-order valence-electron chi connectivity index (χ3n) is 2.66. The summed E-state index contributed by atoms with van der Waals surface area (Å²) in [6.07, 6.45) is -2.54. The first kappa shape index (κ1) is 15.7. The standard InChI is InChI=1S/C13H16O5S/c1-7-4-3-5-9(11(7)13(17)18)12(16)10(15)6-19-8(2)14/h3-5,10,12,15-16H,6H2,1-2H3,(H,17,18). The van der Waals surface area contributed by atoms with Crippen molar-refractivity contribution >= 4 is 22.8 Å². The van der Waals surface area contributed by atoms with Gasteiger partial charge < -0.3 is 15.3 Å². The summed E-state index contributed by atoms with van der Waals surface area (Å²) in [4.78, 5) is 22.0. The average molecular weight is 284 g/mol. The van der Waals surface area contributed by atoms with Crippen molar-refractivity contribution in [3.05, 3.63) is 34.9 Å². The molecule has 6 heteroatoms. The van der Waals surface area contributed by atoms with Crippen LogP contribution in [0.5, 0.6) is 0 Å². The van der Waals surface area contributed by atoms with Gasteiger partial charge in [-0.15, -0.1) is 0 Å². The van der Waals surface area contributed by atoms with E-state index in [1.54, 1.807) is 19.1 Å². The van der Waals surface area contributed by atoms with Crippen LogP contribution in [-0.4, -0.2) is 38.3 Å². The second-order valence-corrected chi connectivity index (χ2v) is 5.36. The number of rotatable bonds is 5. The number of carboxylic acids is 1. The summed E-state index contributed by atoms with van der Waals surface area (Å²) >= 11 is 0.884. The van der Waals surface area contributed by atoms with Gasteiger partial charge in [-0.25, -0.2) is 4.79 Å². The highest BCUT2D eigenvalue weighted by Crippen LogP contribution is 2.25. The van der Waals surface area contributed by atoms with Crippen molar-refractivity contribution in [1.29, 1.82) is 0 Å². The van der Waals surface area contributed by atoms with Gasteiger partial charge >= 0.3 is 5.97 Å². The highest BCUT2D eigenvalue weighted by Gasteiger charge is 2.25. The molecule has 1 aromatic rings. The van der Waals surface area contributed by atoms with E-state index < -0.39 is 18.2 Å². The molecule has 0 saturated heterocycles. The van der Waals surface area contributed by atoms with Gasteiger partial charge in [0.25, 0.3) is 0 Å². The van der Waals surface area contributed by atoms with Crippen molar-refractivity contribution < 1.29 is 24.9 Å². The normalized spacial score (nSPS) is 13.9. The molecule has 0 heterocycles. The predicted octanol–water partition coefficient (Wildman–Crippen LogP) is 1.37. The molecule has 0 amide bonds. The van der Waals surface area contributed by atoms with Gasteiger partial charge in [-0.05, 0) is 18.1 Å². The molecular weight excluding hydrogens is 268 g/mol. The minimum Gasteiger partial charge on any atom is -0.478 e. The van der Waals surface area contributed by atoms with Crippen molar-refractivity contribution in [1.82, 2.24) is 0 Å². The van der Waals surface area contributed by atoms with E-state index in [1.807, 2.05) is 0 Å². The van der Waals surface area contributed by atoms with E-state index in [4.69, 9.17) is 5.11 Å². The number of hydrogen-bond acceptors (Lipinski definition) is 5. The van der Waals surface area contributed by atoms with E-state index in [2.05, 4.69) is 0 Å². The van der Waals surface area contributed by atoms with Crippen LogP contribution in [0.4, 0.5) is 0 Å². The van der Waals surface area contributed by atoms with Gasteiger partial charge in [-0.3, -0.25) is 4.79 Å². The zero-order chi connectivity index (χ0) is 14.6. The van der Waals surface area contributed by atoms with Crippen LogP contribution in [-0.2, 0) is 4.79 Å². The van der Waals surface area contributed by atoms with Crippen molar-refractivity contribution in [2.24, 2.45) is 0 Å². The fourth-order valence-corrected chi connectivity index (χ4v) is 2.32. The first-order valence-electron chi connectivity index (χ1n) is 5.67. The van der Waals surface area contributed by atoms with Crippen LogP contribution in [0.1, 0.15) is 34.5 Å². The lowest BCUT2D eigenvalue weighted by Crippen LogP contribution is -2.23. The molecule has 0 aromatic heterocycles. The number of carboxylic acid groups (broad SMARTS) is 1. The third-order valence-corrected chi connectivity index (χ3v) is 3.57. The van der Waals surface area contributed by atoms with Crippen LogP contribution in [0.25, 0.3) is 0 Å². The fraction of sp³-hybridized carbons (Fsp3) is 0.385. The molecule has 5 nitrogen and oxygen atoms in total. The van der Waals surface area contributed by atoms with Gasteiger partial charge in [0, 0.05) is 12.7 Å². The summed E-state index contributed by atoms with van der Waals surface area (Å²) in [5.74, 6) is -1.14. The Morgan fingerprint density at radius 2 is 1.95 bits per heavy atom. The minimum atomic E-state index is -1.34. The quantitative estimate of drug-likeness (QED) is 0.756. The molecule has 2 unspecified atom stereocenters. The summed E-state index contributed by atoms with van der Waals surface area (Å²) < 4.78 is 0. The molecular formula is C13H16O5S. The Balaban J connectivity index is 2.99. The maximum atomic E-state index is 11.2. The summed E-state index contributed by atoms with van der Waals surface area (Å²) in [6.45, 7) is 2.98. The van der Waals surface area contributed by atoms with Gasteiger partial charge in [0.1, 0.15) is 6.10 Å². The third kappa shape index (κ3) is 4.05. The molecule has 3 N–H and O–H groups in total. The second kappa shape index (κ2) is 6.70. The number of carbonyl (C=O) groups is 2. The zero-order valence-electron chi connectivity index (χ0n) is 10.7. The van der Waals surface area contributed by atoms with Crippen LogP contribution < -0.4 is 0 Å². The molecule has 1 rings (SSSR count). The SMILES string of the molecule is CC(=O)SCC(O)C(O)c1cccc(C)c1C(=O)O. The summed E-state index contributed by atoms with van der Waals surface area (Å²) in [5.41, 5.74) is 0.654. The molecule has 0 aliphatic carbocycles. The lowest BCUT2D eigenvalue weighted by atomic mass is 9.95.